The molecule has 2 aliphatic heterocycles. The fraction of sp³-hybridized carbons (Fsp3) is 0.304. The summed E-state index contributed by atoms with van der Waals surface area (Å²) >= 11 is 0. The molecular formula is C46H48N2O6. The van der Waals surface area contributed by atoms with Crippen molar-refractivity contribution in [3.63, 3.8) is 0 Å². The Balaban J connectivity index is 1.36. The molecule has 0 saturated heterocycles. The van der Waals surface area contributed by atoms with Gasteiger partial charge < -0.3 is 40.5 Å². The van der Waals surface area contributed by atoms with Gasteiger partial charge in [-0.05, 0) is 146 Å². The maximum absolute atomic E-state index is 12.2. The number of benzene rings is 6. The fourth-order valence-electron chi connectivity index (χ4n) is 9.61. The van der Waals surface area contributed by atoms with Crippen molar-refractivity contribution in [2.75, 3.05) is 14.2 Å². The van der Waals surface area contributed by atoms with Crippen molar-refractivity contribution in [3.05, 3.63) is 94.0 Å². The number of ether oxygens (including phenoxy) is 2. The molecule has 0 saturated carbocycles. The van der Waals surface area contributed by atoms with E-state index < -0.39 is 0 Å². The third-order valence-electron chi connectivity index (χ3n) is 11.8. The van der Waals surface area contributed by atoms with Gasteiger partial charge in [0.1, 0.15) is 34.5 Å². The van der Waals surface area contributed by atoms with Crippen LogP contribution in [0, 0.1) is 13.8 Å². The summed E-state index contributed by atoms with van der Waals surface area (Å²) in [7, 11) is 3.19. The zero-order valence-electron chi connectivity index (χ0n) is 32.1. The van der Waals surface area contributed by atoms with E-state index in [0.717, 1.165) is 79.2 Å². The number of fused-ring (bicyclic) bond motifs is 4. The Morgan fingerprint density at radius 1 is 0.537 bits per heavy atom. The van der Waals surface area contributed by atoms with E-state index in [-0.39, 0.29) is 47.2 Å². The zero-order valence-corrected chi connectivity index (χ0v) is 32.1. The van der Waals surface area contributed by atoms with Crippen molar-refractivity contribution in [2.24, 2.45) is 0 Å². The summed E-state index contributed by atoms with van der Waals surface area (Å²) < 4.78 is 11.8. The lowest BCUT2D eigenvalue weighted by Crippen LogP contribution is -2.36. The molecule has 8 heteroatoms. The molecule has 6 aromatic rings. The second kappa shape index (κ2) is 13.1. The normalized spacial score (nSPS) is 19.5. The highest BCUT2D eigenvalue weighted by Crippen LogP contribution is 2.52. The largest absolute Gasteiger partial charge is 0.508 e. The van der Waals surface area contributed by atoms with Crippen molar-refractivity contribution in [1.82, 2.24) is 10.6 Å². The fourth-order valence-corrected chi connectivity index (χ4v) is 9.61. The van der Waals surface area contributed by atoms with E-state index in [4.69, 9.17) is 9.47 Å². The zero-order chi connectivity index (χ0) is 38.3. The number of methoxy groups -OCH3 is 2. The summed E-state index contributed by atoms with van der Waals surface area (Å²) in [6, 6.07) is 19.5. The molecule has 0 fully saturated rings. The first-order valence-corrected chi connectivity index (χ1v) is 18.7. The number of aryl methyl sites for hydroxylation is 2. The van der Waals surface area contributed by atoms with E-state index >= 15 is 0 Å². The quantitative estimate of drug-likeness (QED) is 0.104. The van der Waals surface area contributed by atoms with E-state index in [1.54, 1.807) is 26.4 Å². The Kier molecular flexibility index (Phi) is 8.66. The Bertz CT molecular complexity index is 2350. The highest BCUT2D eigenvalue weighted by molar-refractivity contribution is 6.11. The van der Waals surface area contributed by atoms with Crippen LogP contribution in [0.5, 0.6) is 34.5 Å². The van der Waals surface area contributed by atoms with E-state index in [0.29, 0.717) is 33.4 Å². The topological polar surface area (TPSA) is 123 Å². The van der Waals surface area contributed by atoms with E-state index in [9.17, 15) is 20.4 Å². The number of rotatable bonds is 5. The number of phenolic OH excluding ortho intramolecular Hbond substituents is 4. The van der Waals surface area contributed by atoms with Gasteiger partial charge in [0.05, 0.1) is 25.0 Å². The molecule has 278 valence electrons. The second-order valence-corrected chi connectivity index (χ2v) is 15.3. The molecule has 54 heavy (non-hydrogen) atoms. The van der Waals surface area contributed by atoms with Gasteiger partial charge in [0, 0.05) is 46.4 Å². The summed E-state index contributed by atoms with van der Waals surface area (Å²) in [6.07, 6.45) is 1.49. The van der Waals surface area contributed by atoms with Crippen LogP contribution in [0.3, 0.4) is 0 Å². The van der Waals surface area contributed by atoms with Crippen LogP contribution in [-0.2, 0) is 12.8 Å². The highest BCUT2D eigenvalue weighted by Gasteiger charge is 2.31. The summed E-state index contributed by atoms with van der Waals surface area (Å²) in [5.41, 5.74) is 10.8. The summed E-state index contributed by atoms with van der Waals surface area (Å²) in [5, 5.41) is 56.2. The number of phenols is 4. The minimum Gasteiger partial charge on any atom is -0.508 e. The van der Waals surface area contributed by atoms with Crippen molar-refractivity contribution in [1.29, 1.82) is 0 Å². The van der Waals surface area contributed by atoms with Crippen LogP contribution < -0.4 is 20.1 Å². The molecule has 0 amide bonds. The van der Waals surface area contributed by atoms with Crippen LogP contribution in [0.4, 0.5) is 0 Å². The first kappa shape index (κ1) is 35.6. The monoisotopic (exact) mass is 724 g/mol. The molecule has 4 atom stereocenters. The predicted molar refractivity (Wildman–Crippen MR) is 216 cm³/mol. The molecule has 6 aromatic carbocycles. The molecule has 8 nitrogen and oxygen atoms in total. The van der Waals surface area contributed by atoms with Crippen LogP contribution in [0.15, 0.2) is 60.7 Å². The van der Waals surface area contributed by atoms with Gasteiger partial charge in [-0.15, -0.1) is 0 Å². The number of aromatic hydroxyl groups is 4. The first-order chi connectivity index (χ1) is 25.8. The minimum atomic E-state index is -0.0192. The Hall–Kier alpha value is -5.44. The second-order valence-electron chi connectivity index (χ2n) is 15.3. The van der Waals surface area contributed by atoms with Gasteiger partial charge in [0.2, 0.25) is 0 Å². The van der Waals surface area contributed by atoms with Crippen LogP contribution in [-0.4, -0.2) is 46.7 Å². The predicted octanol–water partition coefficient (Wildman–Crippen LogP) is 9.64. The molecule has 0 bridgehead atoms. The van der Waals surface area contributed by atoms with Crippen molar-refractivity contribution < 1.29 is 29.9 Å². The lowest BCUT2D eigenvalue weighted by molar-refractivity contribution is 0.409. The average Bonchev–Trinajstić information content (AvgIpc) is 3.12. The third-order valence-corrected chi connectivity index (χ3v) is 11.8. The number of hydrogen-bond acceptors (Lipinski definition) is 8. The Morgan fingerprint density at radius 2 is 0.907 bits per heavy atom. The molecule has 0 aliphatic carbocycles. The lowest BCUT2D eigenvalue weighted by atomic mass is 9.81. The standard InChI is InChI=1S/C46H48N2O6/c1-21-17-37(53-7)43-31(39(21)27-13-15-35(49)41-25(5)47-23(3)19-33(27)41)11-9-29(45(43)51)30-10-12-32-40(22(2)18-38(54-8)44(32)46(30)52)28-14-16-36(50)42-26(6)48-24(4)20-34(28)42/h9-18,23-26,47-52H,19-20H2,1-8H3/t23-,24-,25-,26-/m1/s1. The molecule has 2 heterocycles. The third kappa shape index (κ3) is 5.34. The van der Waals surface area contributed by atoms with E-state index in [1.807, 2.05) is 62.4 Å². The van der Waals surface area contributed by atoms with Crippen molar-refractivity contribution in [3.8, 4) is 67.9 Å². The molecule has 0 spiro atoms. The molecule has 6 N–H and O–H groups in total. The molecule has 0 aromatic heterocycles. The molecular weight excluding hydrogens is 677 g/mol. The minimum absolute atomic E-state index is 0.00863. The lowest BCUT2D eigenvalue weighted by Gasteiger charge is -2.32. The van der Waals surface area contributed by atoms with Gasteiger partial charge in [0.15, 0.2) is 0 Å². The summed E-state index contributed by atoms with van der Waals surface area (Å²) in [4.78, 5) is 0. The van der Waals surface area contributed by atoms with Crippen molar-refractivity contribution in [2.45, 2.75) is 78.6 Å². The molecule has 2 aliphatic rings. The van der Waals surface area contributed by atoms with Crippen LogP contribution in [0.1, 0.15) is 73.2 Å². The van der Waals surface area contributed by atoms with Gasteiger partial charge in [-0.3, -0.25) is 0 Å². The smallest absolute Gasteiger partial charge is 0.135 e. The van der Waals surface area contributed by atoms with Crippen molar-refractivity contribution >= 4 is 21.5 Å². The van der Waals surface area contributed by atoms with Gasteiger partial charge >= 0.3 is 0 Å². The maximum atomic E-state index is 12.2. The first-order valence-electron chi connectivity index (χ1n) is 18.7. The molecule has 8 rings (SSSR count). The van der Waals surface area contributed by atoms with Crippen LogP contribution in [0.2, 0.25) is 0 Å². The van der Waals surface area contributed by atoms with Gasteiger partial charge in [-0.25, -0.2) is 0 Å². The highest BCUT2D eigenvalue weighted by atomic mass is 16.5. The van der Waals surface area contributed by atoms with Crippen LogP contribution in [0.25, 0.3) is 54.9 Å². The Morgan fingerprint density at radius 3 is 1.28 bits per heavy atom. The SMILES string of the molecule is COc1cc(C)c(-c2ccc(O)c3c2C[C@@H](C)N[C@@H]3C)c2ccc(-c3ccc4c(-c5ccc(O)c6c5C[C@@H](C)N[C@@H]6C)c(C)cc(OC)c4c3O)c(O)c12. The maximum Gasteiger partial charge on any atom is 0.135 e. The summed E-state index contributed by atoms with van der Waals surface area (Å²) in [5.74, 6) is 1.57. The molecule has 0 radical (unpaired) electrons. The van der Waals surface area contributed by atoms with Gasteiger partial charge in [0.25, 0.3) is 0 Å². The van der Waals surface area contributed by atoms with E-state index in [2.05, 4.69) is 38.3 Å². The summed E-state index contributed by atoms with van der Waals surface area (Å²) in [6.45, 7) is 12.5. The number of hydrogen-bond donors (Lipinski definition) is 6. The number of nitrogens with one attached hydrogen (secondary N) is 2. The van der Waals surface area contributed by atoms with Gasteiger partial charge in [-0.2, -0.15) is 0 Å². The van der Waals surface area contributed by atoms with Crippen LogP contribution >= 0.6 is 0 Å². The van der Waals surface area contributed by atoms with Gasteiger partial charge in [-0.1, -0.05) is 24.3 Å². The van der Waals surface area contributed by atoms with E-state index in [1.165, 1.54) is 0 Å². The average molecular weight is 725 g/mol. The molecule has 0 unspecified atom stereocenters. The Labute approximate surface area is 316 Å².